The van der Waals surface area contributed by atoms with Gasteiger partial charge in [0.05, 0.1) is 0 Å². The molecular formula is C10H10S. The lowest BCUT2D eigenvalue weighted by Gasteiger charge is -1.91. The van der Waals surface area contributed by atoms with Crippen LogP contribution in [0.15, 0.2) is 59.4 Å². The van der Waals surface area contributed by atoms with E-state index in [9.17, 15) is 0 Å². The van der Waals surface area contributed by atoms with Gasteiger partial charge in [-0.2, -0.15) is 0 Å². The Hall–Kier alpha value is -0.950. The van der Waals surface area contributed by atoms with E-state index in [1.165, 1.54) is 4.90 Å². The van der Waals surface area contributed by atoms with Gasteiger partial charge in [-0.3, -0.25) is 0 Å². The van der Waals surface area contributed by atoms with E-state index in [0.717, 1.165) is 0 Å². The van der Waals surface area contributed by atoms with Crippen molar-refractivity contribution in [3.8, 4) is 0 Å². The average molecular weight is 162 g/mol. The van der Waals surface area contributed by atoms with Gasteiger partial charge in [-0.25, -0.2) is 0 Å². The topological polar surface area (TPSA) is 0 Å². The molecule has 0 spiro atoms. The summed E-state index contributed by atoms with van der Waals surface area (Å²) >= 11 is 1.69. The highest BCUT2D eigenvalue weighted by Gasteiger charge is 1.83. The van der Waals surface area contributed by atoms with Crippen molar-refractivity contribution >= 4 is 11.8 Å². The molecule has 1 aromatic carbocycles. The Morgan fingerprint density at radius 3 is 2.55 bits per heavy atom. The van der Waals surface area contributed by atoms with Crippen LogP contribution in [0.3, 0.4) is 0 Å². The van der Waals surface area contributed by atoms with Gasteiger partial charge >= 0.3 is 0 Å². The predicted molar refractivity (Wildman–Crippen MR) is 51.6 cm³/mol. The summed E-state index contributed by atoms with van der Waals surface area (Å²) in [4.78, 5) is 1.26. The van der Waals surface area contributed by atoms with Gasteiger partial charge in [0.1, 0.15) is 0 Å². The summed E-state index contributed by atoms with van der Waals surface area (Å²) in [5.41, 5.74) is 0. The molecule has 0 aliphatic rings. The SMILES string of the molecule is C=CC=CSc1ccccc1. The highest BCUT2D eigenvalue weighted by Crippen LogP contribution is 2.17. The predicted octanol–water partition coefficient (Wildman–Crippen LogP) is 3.48. The van der Waals surface area contributed by atoms with E-state index in [2.05, 4.69) is 18.7 Å². The molecule has 0 saturated heterocycles. The molecule has 0 aromatic heterocycles. The zero-order chi connectivity index (χ0) is 7.94. The first kappa shape index (κ1) is 8.15. The van der Waals surface area contributed by atoms with E-state index < -0.39 is 0 Å². The summed E-state index contributed by atoms with van der Waals surface area (Å²) in [6.45, 7) is 3.59. The van der Waals surface area contributed by atoms with Gasteiger partial charge in [-0.1, -0.05) is 48.7 Å². The summed E-state index contributed by atoms with van der Waals surface area (Å²) < 4.78 is 0. The Morgan fingerprint density at radius 2 is 1.91 bits per heavy atom. The van der Waals surface area contributed by atoms with Crippen molar-refractivity contribution in [2.75, 3.05) is 0 Å². The highest BCUT2D eigenvalue weighted by molar-refractivity contribution is 8.02. The molecular weight excluding hydrogens is 152 g/mol. The molecule has 1 aromatic rings. The third-order valence-electron chi connectivity index (χ3n) is 1.16. The molecule has 0 radical (unpaired) electrons. The van der Waals surface area contributed by atoms with Crippen molar-refractivity contribution in [2.45, 2.75) is 4.90 Å². The zero-order valence-corrected chi connectivity index (χ0v) is 7.05. The average Bonchev–Trinajstić information content (AvgIpc) is 2.07. The number of thioether (sulfide) groups is 1. The van der Waals surface area contributed by atoms with Gasteiger partial charge in [0.15, 0.2) is 0 Å². The largest absolute Gasteiger partial charge is 0.0990 e. The van der Waals surface area contributed by atoms with Crippen LogP contribution in [0, 0.1) is 0 Å². The van der Waals surface area contributed by atoms with Crippen molar-refractivity contribution in [1.29, 1.82) is 0 Å². The fourth-order valence-corrected chi connectivity index (χ4v) is 1.33. The van der Waals surface area contributed by atoms with Crippen LogP contribution in [-0.2, 0) is 0 Å². The summed E-state index contributed by atoms with van der Waals surface area (Å²) in [6.07, 6.45) is 3.70. The first-order valence-corrected chi connectivity index (χ1v) is 4.31. The standard InChI is InChI=1S/C10H10S/c1-2-3-9-11-10-7-5-4-6-8-10/h2-9H,1H2. The fourth-order valence-electron chi connectivity index (χ4n) is 0.672. The number of hydrogen-bond donors (Lipinski definition) is 0. The molecule has 0 aliphatic heterocycles. The number of allylic oxidation sites excluding steroid dienone is 2. The maximum Gasteiger partial charge on any atom is 0.0116 e. The molecule has 0 nitrogen and oxygen atoms in total. The smallest absolute Gasteiger partial charge is 0.0116 e. The fraction of sp³-hybridized carbons (Fsp3) is 0. The first-order valence-electron chi connectivity index (χ1n) is 3.43. The molecule has 0 heterocycles. The second-order valence-corrected chi connectivity index (χ2v) is 2.97. The molecule has 1 rings (SSSR count). The molecule has 0 atom stereocenters. The van der Waals surface area contributed by atoms with Gasteiger partial charge in [0.2, 0.25) is 0 Å². The molecule has 0 aliphatic carbocycles. The molecule has 0 amide bonds. The van der Waals surface area contributed by atoms with E-state index in [0.29, 0.717) is 0 Å². The molecule has 11 heavy (non-hydrogen) atoms. The minimum Gasteiger partial charge on any atom is -0.0990 e. The van der Waals surface area contributed by atoms with Crippen LogP contribution >= 0.6 is 11.8 Å². The van der Waals surface area contributed by atoms with Crippen molar-refractivity contribution < 1.29 is 0 Å². The van der Waals surface area contributed by atoms with Crippen LogP contribution in [-0.4, -0.2) is 0 Å². The van der Waals surface area contributed by atoms with E-state index in [1.54, 1.807) is 17.8 Å². The van der Waals surface area contributed by atoms with E-state index in [1.807, 2.05) is 29.7 Å². The second-order valence-electron chi connectivity index (χ2n) is 2.00. The second kappa shape index (κ2) is 4.80. The van der Waals surface area contributed by atoms with Gasteiger partial charge in [0, 0.05) is 4.90 Å². The minimum atomic E-state index is 1.26. The first-order chi connectivity index (χ1) is 5.43. The Balaban J connectivity index is 2.51. The third-order valence-corrected chi connectivity index (χ3v) is 2.00. The number of rotatable bonds is 3. The lowest BCUT2D eigenvalue weighted by Crippen LogP contribution is -1.63. The Kier molecular flexibility index (Phi) is 3.56. The molecule has 0 bridgehead atoms. The van der Waals surface area contributed by atoms with Crippen LogP contribution in [0.5, 0.6) is 0 Å². The zero-order valence-electron chi connectivity index (χ0n) is 6.23. The van der Waals surface area contributed by atoms with Crippen LogP contribution < -0.4 is 0 Å². The number of hydrogen-bond acceptors (Lipinski definition) is 1. The van der Waals surface area contributed by atoms with Crippen molar-refractivity contribution in [3.63, 3.8) is 0 Å². The number of benzene rings is 1. The van der Waals surface area contributed by atoms with Crippen LogP contribution in [0.1, 0.15) is 0 Å². The molecule has 0 saturated carbocycles. The summed E-state index contributed by atoms with van der Waals surface area (Å²) in [6, 6.07) is 10.2. The molecule has 56 valence electrons. The molecule has 1 heteroatoms. The molecule has 0 fully saturated rings. The van der Waals surface area contributed by atoms with Crippen molar-refractivity contribution in [3.05, 3.63) is 54.5 Å². The van der Waals surface area contributed by atoms with E-state index in [4.69, 9.17) is 0 Å². The highest BCUT2D eigenvalue weighted by atomic mass is 32.2. The monoisotopic (exact) mass is 162 g/mol. The lowest BCUT2D eigenvalue weighted by molar-refractivity contribution is 1.47. The summed E-state index contributed by atoms with van der Waals surface area (Å²) in [5, 5.41) is 2.02. The van der Waals surface area contributed by atoms with Crippen LogP contribution in [0.2, 0.25) is 0 Å². The van der Waals surface area contributed by atoms with E-state index in [-0.39, 0.29) is 0 Å². The van der Waals surface area contributed by atoms with Gasteiger partial charge in [0.25, 0.3) is 0 Å². The summed E-state index contributed by atoms with van der Waals surface area (Å²) in [5.74, 6) is 0. The van der Waals surface area contributed by atoms with Gasteiger partial charge < -0.3 is 0 Å². The van der Waals surface area contributed by atoms with Gasteiger partial charge in [-0.15, -0.1) is 0 Å². The van der Waals surface area contributed by atoms with Crippen molar-refractivity contribution in [1.82, 2.24) is 0 Å². The maximum atomic E-state index is 3.59. The Labute approximate surface area is 71.6 Å². The quantitative estimate of drug-likeness (QED) is 0.484. The molecule has 0 unspecified atom stereocenters. The van der Waals surface area contributed by atoms with Crippen molar-refractivity contribution in [2.24, 2.45) is 0 Å². The lowest BCUT2D eigenvalue weighted by atomic mass is 10.4. The van der Waals surface area contributed by atoms with Crippen LogP contribution in [0.4, 0.5) is 0 Å². The van der Waals surface area contributed by atoms with Gasteiger partial charge in [-0.05, 0) is 17.5 Å². The Morgan fingerprint density at radius 1 is 1.18 bits per heavy atom. The summed E-state index contributed by atoms with van der Waals surface area (Å²) in [7, 11) is 0. The van der Waals surface area contributed by atoms with E-state index >= 15 is 0 Å². The van der Waals surface area contributed by atoms with Crippen LogP contribution in [0.25, 0.3) is 0 Å². The third kappa shape index (κ3) is 3.10. The molecule has 0 N–H and O–H groups in total. The maximum absolute atomic E-state index is 3.59. The minimum absolute atomic E-state index is 1.26. The normalized spacial score (nSPS) is 10.2. The Bertz CT molecular complexity index is 236.